The molecule has 1 aliphatic heterocycles. The quantitative estimate of drug-likeness (QED) is 0.571. The van der Waals surface area contributed by atoms with E-state index >= 15 is 0 Å². The smallest absolute Gasteiger partial charge is 0.322 e. The van der Waals surface area contributed by atoms with Crippen LogP contribution >= 0.6 is 0 Å². The summed E-state index contributed by atoms with van der Waals surface area (Å²) < 4.78 is 39.0. The van der Waals surface area contributed by atoms with Crippen LogP contribution in [0.5, 0.6) is 5.75 Å². The highest BCUT2D eigenvalue weighted by Gasteiger charge is 2.34. The molecule has 0 aliphatic carbocycles. The van der Waals surface area contributed by atoms with Crippen LogP contribution in [0.25, 0.3) is 0 Å². The van der Waals surface area contributed by atoms with Gasteiger partial charge in [0, 0.05) is 25.6 Å². The lowest BCUT2D eigenvalue weighted by Gasteiger charge is -2.35. The number of benzene rings is 2. The Morgan fingerprint density at radius 2 is 1.77 bits per heavy atom. The second-order valence-electron chi connectivity index (χ2n) is 7.40. The molecule has 2 unspecified atom stereocenters. The molecule has 8 nitrogen and oxygen atoms in total. The maximum Gasteiger partial charge on any atom is 0.322 e. The van der Waals surface area contributed by atoms with Crippen LogP contribution in [0, 0.1) is 0 Å². The number of ether oxygens (including phenoxy) is 2. The number of nitrogens with zero attached hydrogens (tertiary/aromatic N) is 1. The zero-order valence-corrected chi connectivity index (χ0v) is 18.3. The van der Waals surface area contributed by atoms with Crippen molar-refractivity contribution in [2.24, 2.45) is 0 Å². The summed E-state index contributed by atoms with van der Waals surface area (Å²) in [6.07, 6.45) is 0.748. The number of carboxylic acid groups (broad SMARTS) is 1. The minimum atomic E-state index is -3.88. The fourth-order valence-corrected chi connectivity index (χ4v) is 4.81. The zero-order chi connectivity index (χ0) is 22.3. The molecule has 0 bridgehead atoms. The third kappa shape index (κ3) is 6.51. The van der Waals surface area contributed by atoms with Gasteiger partial charge in [-0.2, -0.15) is 0 Å². The number of rotatable bonds is 10. The van der Waals surface area contributed by atoms with E-state index in [1.54, 1.807) is 24.0 Å². The van der Waals surface area contributed by atoms with Gasteiger partial charge in [0.05, 0.1) is 24.7 Å². The van der Waals surface area contributed by atoms with Crippen molar-refractivity contribution in [1.29, 1.82) is 0 Å². The molecule has 2 aromatic rings. The van der Waals surface area contributed by atoms with Crippen molar-refractivity contribution in [2.75, 3.05) is 32.9 Å². The first-order valence-corrected chi connectivity index (χ1v) is 11.7. The summed E-state index contributed by atoms with van der Waals surface area (Å²) in [7, 11) is -3.88. The summed E-state index contributed by atoms with van der Waals surface area (Å²) in [5.74, 6) is -0.501. The van der Waals surface area contributed by atoms with Crippen molar-refractivity contribution < 1.29 is 27.8 Å². The van der Waals surface area contributed by atoms with Crippen LogP contribution in [0.1, 0.15) is 12.5 Å². The summed E-state index contributed by atoms with van der Waals surface area (Å²) in [5.41, 5.74) is 1.16. The summed E-state index contributed by atoms with van der Waals surface area (Å²) >= 11 is 0. The van der Waals surface area contributed by atoms with Gasteiger partial charge >= 0.3 is 5.97 Å². The summed E-state index contributed by atoms with van der Waals surface area (Å²) in [6.45, 7) is 3.78. The number of hydrogen-bond acceptors (Lipinski definition) is 6. The summed E-state index contributed by atoms with van der Waals surface area (Å²) in [4.78, 5) is 13.6. The second kappa shape index (κ2) is 10.7. The lowest BCUT2D eigenvalue weighted by atomic mass is 10.1. The molecule has 0 spiro atoms. The minimum absolute atomic E-state index is 0.0564. The van der Waals surface area contributed by atoms with Crippen molar-refractivity contribution in [1.82, 2.24) is 9.62 Å². The Morgan fingerprint density at radius 3 is 2.39 bits per heavy atom. The van der Waals surface area contributed by atoms with E-state index in [1.165, 1.54) is 12.1 Å². The number of hydrogen-bond donors (Lipinski definition) is 2. The number of carbonyl (C=O) groups is 1. The number of nitrogens with one attached hydrogen (secondary N) is 1. The average molecular weight is 449 g/mol. The van der Waals surface area contributed by atoms with Gasteiger partial charge in [0.25, 0.3) is 0 Å². The van der Waals surface area contributed by atoms with E-state index in [1.807, 2.05) is 30.3 Å². The Labute approximate surface area is 182 Å². The first kappa shape index (κ1) is 23.2. The molecule has 168 valence electrons. The van der Waals surface area contributed by atoms with Crippen LogP contribution in [0.4, 0.5) is 0 Å². The van der Waals surface area contributed by atoms with E-state index < -0.39 is 28.1 Å². The van der Waals surface area contributed by atoms with Gasteiger partial charge in [-0.25, -0.2) is 13.1 Å². The SMILES string of the molecule is CC(NS(=O)(=O)c1ccc(OCCc2ccccc2)cc1)C(C(=O)O)N1CCOCC1. The molecule has 0 aromatic heterocycles. The Kier molecular flexibility index (Phi) is 8.03. The van der Waals surface area contributed by atoms with Crippen LogP contribution < -0.4 is 9.46 Å². The van der Waals surface area contributed by atoms with Gasteiger partial charge in [0.1, 0.15) is 11.8 Å². The lowest BCUT2D eigenvalue weighted by Crippen LogP contribution is -2.57. The van der Waals surface area contributed by atoms with Crippen LogP contribution in [0.3, 0.4) is 0 Å². The Morgan fingerprint density at radius 1 is 1.13 bits per heavy atom. The van der Waals surface area contributed by atoms with Crippen LogP contribution in [-0.4, -0.2) is 69.4 Å². The van der Waals surface area contributed by atoms with Gasteiger partial charge in [0.2, 0.25) is 10.0 Å². The van der Waals surface area contributed by atoms with Crippen molar-refractivity contribution in [3.05, 3.63) is 60.2 Å². The largest absolute Gasteiger partial charge is 0.493 e. The van der Waals surface area contributed by atoms with Gasteiger partial charge in [-0.15, -0.1) is 0 Å². The zero-order valence-electron chi connectivity index (χ0n) is 17.4. The predicted molar refractivity (Wildman–Crippen MR) is 116 cm³/mol. The number of morpholine rings is 1. The monoisotopic (exact) mass is 448 g/mol. The van der Waals surface area contributed by atoms with Crippen LogP contribution in [-0.2, 0) is 26.0 Å². The van der Waals surface area contributed by atoms with Gasteiger partial charge < -0.3 is 14.6 Å². The van der Waals surface area contributed by atoms with E-state index in [4.69, 9.17) is 9.47 Å². The maximum atomic E-state index is 12.8. The standard InChI is InChI=1S/C22H28N2O6S/c1-17(21(22(25)26)24-12-15-29-16-13-24)23-31(27,28)20-9-7-19(8-10-20)30-14-11-18-5-3-2-4-6-18/h2-10,17,21,23H,11-16H2,1H3,(H,25,26). The highest BCUT2D eigenvalue weighted by Crippen LogP contribution is 2.18. The number of aliphatic carboxylic acids is 1. The molecule has 1 heterocycles. The molecule has 2 atom stereocenters. The molecule has 3 rings (SSSR count). The molecule has 0 saturated carbocycles. The first-order chi connectivity index (χ1) is 14.9. The second-order valence-corrected chi connectivity index (χ2v) is 9.11. The van der Waals surface area contributed by atoms with E-state index in [0.717, 1.165) is 12.0 Å². The third-order valence-corrected chi connectivity index (χ3v) is 6.72. The van der Waals surface area contributed by atoms with E-state index in [9.17, 15) is 18.3 Å². The minimum Gasteiger partial charge on any atom is -0.493 e. The Hall–Kier alpha value is -2.46. The first-order valence-electron chi connectivity index (χ1n) is 10.2. The van der Waals surface area contributed by atoms with Crippen LogP contribution in [0.2, 0.25) is 0 Å². The molecule has 2 N–H and O–H groups in total. The van der Waals surface area contributed by atoms with Crippen molar-refractivity contribution in [3.8, 4) is 5.75 Å². The number of sulfonamides is 1. The molecule has 1 aliphatic rings. The normalized spacial score (nSPS) is 17.1. The Balaban J connectivity index is 1.59. The van der Waals surface area contributed by atoms with E-state index in [-0.39, 0.29) is 4.90 Å². The van der Waals surface area contributed by atoms with Crippen molar-refractivity contribution >= 4 is 16.0 Å². The number of carboxylic acids is 1. The van der Waals surface area contributed by atoms with Crippen molar-refractivity contribution in [2.45, 2.75) is 30.3 Å². The molecule has 0 amide bonds. The highest BCUT2D eigenvalue weighted by atomic mass is 32.2. The summed E-state index contributed by atoms with van der Waals surface area (Å²) in [5, 5.41) is 9.63. The predicted octanol–water partition coefficient (Wildman–Crippen LogP) is 1.76. The van der Waals surface area contributed by atoms with E-state index in [2.05, 4.69) is 4.72 Å². The Bertz CT molecular complexity index is 944. The van der Waals surface area contributed by atoms with Gasteiger partial charge in [0.15, 0.2) is 0 Å². The van der Waals surface area contributed by atoms with Crippen LogP contribution in [0.15, 0.2) is 59.5 Å². The third-order valence-electron chi connectivity index (χ3n) is 5.14. The fraction of sp³-hybridized carbons (Fsp3) is 0.409. The average Bonchev–Trinajstić information content (AvgIpc) is 2.75. The van der Waals surface area contributed by atoms with Gasteiger partial charge in [-0.1, -0.05) is 30.3 Å². The lowest BCUT2D eigenvalue weighted by molar-refractivity contribution is -0.146. The topological polar surface area (TPSA) is 105 Å². The molecular formula is C22H28N2O6S. The molecule has 2 aromatic carbocycles. The van der Waals surface area contributed by atoms with E-state index in [0.29, 0.717) is 38.7 Å². The molecule has 31 heavy (non-hydrogen) atoms. The van der Waals surface area contributed by atoms with Gasteiger partial charge in [-0.05, 0) is 36.8 Å². The molecular weight excluding hydrogens is 420 g/mol. The fourth-order valence-electron chi connectivity index (χ4n) is 3.57. The summed E-state index contributed by atoms with van der Waals surface area (Å²) in [6, 6.07) is 14.3. The maximum absolute atomic E-state index is 12.8. The molecule has 0 radical (unpaired) electrons. The molecule has 1 saturated heterocycles. The molecule has 1 fully saturated rings. The highest BCUT2D eigenvalue weighted by molar-refractivity contribution is 7.89. The molecule has 9 heteroatoms. The van der Waals surface area contributed by atoms with Gasteiger partial charge in [-0.3, -0.25) is 9.69 Å². The van der Waals surface area contributed by atoms with Crippen molar-refractivity contribution in [3.63, 3.8) is 0 Å².